The van der Waals surface area contributed by atoms with E-state index in [0.717, 1.165) is 0 Å². The monoisotopic (exact) mass is 219 g/mol. The maximum Gasteiger partial charge on any atom is 0.340 e. The third kappa shape index (κ3) is 2.69. The molecular formula is C3H4Cl3N3O2. The van der Waals surface area contributed by atoms with Gasteiger partial charge in [-0.15, -0.1) is 21.5 Å². The molecule has 0 heterocycles. The first-order valence-corrected chi connectivity index (χ1v) is 3.61. The second-order valence-corrected chi connectivity index (χ2v) is 3.24. The number of amides is 2. The van der Waals surface area contributed by atoms with Crippen LogP contribution in [0.3, 0.4) is 0 Å². The number of halogens is 3. The average molecular weight is 220 g/mol. The molecule has 0 aliphatic carbocycles. The summed E-state index contributed by atoms with van der Waals surface area (Å²) in [5, 5.41) is 2.33. The highest BCUT2D eigenvalue weighted by atomic mass is 35.5. The molecule has 0 saturated heterocycles. The number of nitrogens with zero attached hydrogens (tertiary/aromatic N) is 2. The van der Waals surface area contributed by atoms with Crippen molar-refractivity contribution in [1.82, 2.24) is 5.01 Å². The summed E-state index contributed by atoms with van der Waals surface area (Å²) in [5.74, 6) is -0.370. The molecule has 0 fully saturated rings. The highest BCUT2D eigenvalue weighted by molar-refractivity contribution is 6.51. The Labute approximate surface area is 77.3 Å². The van der Waals surface area contributed by atoms with Crippen LogP contribution in [0, 0.1) is 4.91 Å². The normalized spacial score (nSPS) is 10.8. The van der Waals surface area contributed by atoms with Crippen LogP contribution in [0.4, 0.5) is 4.79 Å². The van der Waals surface area contributed by atoms with Crippen LogP contribution in [0.1, 0.15) is 0 Å². The van der Waals surface area contributed by atoms with Crippen molar-refractivity contribution in [3.63, 3.8) is 0 Å². The van der Waals surface area contributed by atoms with Gasteiger partial charge in [-0.25, -0.2) is 4.79 Å². The molecule has 0 atom stereocenters. The van der Waals surface area contributed by atoms with Gasteiger partial charge < -0.3 is 5.73 Å². The molecule has 64 valence electrons. The maximum absolute atomic E-state index is 10.4. The van der Waals surface area contributed by atoms with Crippen LogP contribution in [-0.2, 0) is 0 Å². The van der Waals surface area contributed by atoms with Crippen LogP contribution in [0.5, 0.6) is 0 Å². The van der Waals surface area contributed by atoms with Crippen molar-refractivity contribution in [2.45, 2.75) is 4.46 Å². The van der Waals surface area contributed by atoms with Gasteiger partial charge in [0.2, 0.25) is 4.46 Å². The van der Waals surface area contributed by atoms with Gasteiger partial charge in [0.25, 0.3) is 0 Å². The Morgan fingerprint density at radius 3 is 2.18 bits per heavy atom. The Bertz CT molecular complexity index is 173. The van der Waals surface area contributed by atoms with Crippen molar-refractivity contribution in [2.75, 3.05) is 5.88 Å². The first-order chi connectivity index (χ1) is 4.95. The number of carbonyl (C=O) groups is 1. The van der Waals surface area contributed by atoms with E-state index in [2.05, 4.69) is 11.0 Å². The summed E-state index contributed by atoms with van der Waals surface area (Å²) < 4.78 is -1.88. The van der Waals surface area contributed by atoms with E-state index >= 15 is 0 Å². The van der Waals surface area contributed by atoms with E-state index in [1.165, 1.54) is 0 Å². The standard InChI is InChI=1S/C3H4Cl3N3O2/c4-1-3(5,6)9(8-11)2(7)10/h1H2,(H2,7,10). The van der Waals surface area contributed by atoms with Gasteiger partial charge in [0.1, 0.15) is 0 Å². The molecule has 8 heteroatoms. The van der Waals surface area contributed by atoms with Crippen molar-refractivity contribution in [2.24, 2.45) is 11.0 Å². The molecule has 2 amide bonds. The Morgan fingerprint density at radius 2 is 2.09 bits per heavy atom. The van der Waals surface area contributed by atoms with Gasteiger partial charge in [-0.2, -0.15) is 0 Å². The summed E-state index contributed by atoms with van der Waals surface area (Å²) in [6.07, 6.45) is 0. The van der Waals surface area contributed by atoms with Crippen LogP contribution in [0.15, 0.2) is 5.29 Å². The molecule has 0 rings (SSSR count). The van der Waals surface area contributed by atoms with Gasteiger partial charge >= 0.3 is 6.03 Å². The zero-order valence-electron chi connectivity index (χ0n) is 5.13. The number of nitrogens with two attached hydrogens (primary N) is 1. The van der Waals surface area contributed by atoms with Crippen LogP contribution in [0.25, 0.3) is 0 Å². The molecule has 0 aromatic heterocycles. The van der Waals surface area contributed by atoms with E-state index in [9.17, 15) is 9.70 Å². The lowest BCUT2D eigenvalue weighted by atomic mass is 10.7. The fourth-order valence-electron chi connectivity index (χ4n) is 0.318. The second-order valence-electron chi connectivity index (χ2n) is 1.53. The molecule has 0 aromatic carbocycles. The van der Waals surface area contributed by atoms with Crippen LogP contribution >= 0.6 is 34.8 Å². The second kappa shape index (κ2) is 3.94. The number of hydrogen-bond acceptors (Lipinski definition) is 3. The number of carbonyl (C=O) groups excluding carboxylic acids is 1. The number of nitroso groups, excluding NO2 is 1. The van der Waals surface area contributed by atoms with Gasteiger partial charge in [-0.05, 0) is 0 Å². The molecule has 0 saturated carbocycles. The van der Waals surface area contributed by atoms with Gasteiger partial charge in [0.15, 0.2) is 0 Å². The SMILES string of the molecule is NC(=O)N(N=O)C(Cl)(Cl)CCl. The molecule has 0 aliphatic heterocycles. The zero-order valence-corrected chi connectivity index (χ0v) is 7.40. The summed E-state index contributed by atoms with van der Waals surface area (Å²) in [6.45, 7) is 0. The van der Waals surface area contributed by atoms with Gasteiger partial charge in [-0.1, -0.05) is 23.2 Å². The molecule has 5 nitrogen and oxygen atoms in total. The third-order valence-electron chi connectivity index (χ3n) is 0.761. The van der Waals surface area contributed by atoms with E-state index in [1.54, 1.807) is 0 Å². The molecular weight excluding hydrogens is 216 g/mol. The summed E-state index contributed by atoms with van der Waals surface area (Å²) in [5.41, 5.74) is 4.67. The Hall–Kier alpha value is -0.260. The fraction of sp³-hybridized carbons (Fsp3) is 0.667. The summed E-state index contributed by atoms with van der Waals surface area (Å²) in [4.78, 5) is 20.3. The van der Waals surface area contributed by atoms with Gasteiger partial charge in [0, 0.05) is 0 Å². The minimum atomic E-state index is -1.88. The van der Waals surface area contributed by atoms with Gasteiger partial charge in [0.05, 0.1) is 11.2 Å². The quantitative estimate of drug-likeness (QED) is 0.338. The zero-order chi connectivity index (χ0) is 9.07. The summed E-state index contributed by atoms with van der Waals surface area (Å²) in [6, 6.07) is -1.16. The highest BCUT2D eigenvalue weighted by Gasteiger charge is 2.35. The molecule has 0 unspecified atom stereocenters. The molecule has 0 spiro atoms. The van der Waals surface area contributed by atoms with Crippen LogP contribution in [-0.4, -0.2) is 21.4 Å². The van der Waals surface area contributed by atoms with E-state index in [1.807, 2.05) is 0 Å². The number of rotatable bonds is 3. The minimum absolute atomic E-state index is 0.142. The lowest BCUT2D eigenvalue weighted by molar-refractivity contribution is 0.199. The molecule has 0 radical (unpaired) electrons. The van der Waals surface area contributed by atoms with E-state index in [-0.39, 0.29) is 10.9 Å². The van der Waals surface area contributed by atoms with Crippen molar-refractivity contribution >= 4 is 40.8 Å². The predicted octanol–water partition coefficient (Wildman–Crippen LogP) is 1.42. The first-order valence-electron chi connectivity index (χ1n) is 2.32. The number of primary amides is 1. The maximum atomic E-state index is 10.4. The predicted molar refractivity (Wildman–Crippen MR) is 42.4 cm³/mol. The Balaban J connectivity index is 4.48. The fourth-order valence-corrected chi connectivity index (χ4v) is 0.659. The largest absolute Gasteiger partial charge is 0.350 e. The lowest BCUT2D eigenvalue weighted by Gasteiger charge is -2.22. The van der Waals surface area contributed by atoms with E-state index in [4.69, 9.17) is 34.8 Å². The summed E-state index contributed by atoms with van der Waals surface area (Å²) >= 11 is 15.9. The van der Waals surface area contributed by atoms with Gasteiger partial charge in [-0.3, -0.25) is 0 Å². The number of urea groups is 1. The number of alkyl halides is 3. The Morgan fingerprint density at radius 1 is 1.64 bits per heavy atom. The lowest BCUT2D eigenvalue weighted by Crippen LogP contribution is -2.44. The molecule has 2 N–H and O–H groups in total. The van der Waals surface area contributed by atoms with Crippen molar-refractivity contribution < 1.29 is 4.79 Å². The molecule has 11 heavy (non-hydrogen) atoms. The van der Waals surface area contributed by atoms with Crippen molar-refractivity contribution in [3.8, 4) is 0 Å². The highest BCUT2D eigenvalue weighted by Crippen LogP contribution is 2.27. The smallest absolute Gasteiger partial charge is 0.340 e. The van der Waals surface area contributed by atoms with Crippen LogP contribution < -0.4 is 5.73 Å². The van der Waals surface area contributed by atoms with Crippen molar-refractivity contribution in [1.29, 1.82) is 0 Å². The number of hydrogen-bond donors (Lipinski definition) is 1. The van der Waals surface area contributed by atoms with Crippen molar-refractivity contribution in [3.05, 3.63) is 4.91 Å². The third-order valence-corrected chi connectivity index (χ3v) is 2.01. The molecule has 0 aromatic rings. The topological polar surface area (TPSA) is 75.8 Å². The van der Waals surface area contributed by atoms with Crippen LogP contribution in [0.2, 0.25) is 0 Å². The Kier molecular flexibility index (Phi) is 3.85. The average Bonchev–Trinajstić information content (AvgIpc) is 1.88. The molecule has 0 aliphatic rings. The van der Waals surface area contributed by atoms with E-state index < -0.39 is 10.5 Å². The minimum Gasteiger partial charge on any atom is -0.350 e. The van der Waals surface area contributed by atoms with E-state index in [0.29, 0.717) is 0 Å². The first kappa shape index (κ1) is 10.7. The molecule has 0 bridgehead atoms. The summed E-state index contributed by atoms with van der Waals surface area (Å²) in [7, 11) is 0.